The van der Waals surface area contributed by atoms with E-state index in [1.54, 1.807) is 0 Å². The second-order valence-corrected chi connectivity index (χ2v) is 7.83. The summed E-state index contributed by atoms with van der Waals surface area (Å²) in [5.74, 6) is 0.355. The summed E-state index contributed by atoms with van der Waals surface area (Å²) in [6.07, 6.45) is 7.12. The lowest BCUT2D eigenvalue weighted by atomic mass is 9.62. The van der Waals surface area contributed by atoms with Crippen molar-refractivity contribution in [1.29, 1.82) is 0 Å². The van der Waals surface area contributed by atoms with E-state index in [2.05, 4.69) is 45.8 Å². The largest absolute Gasteiger partial charge is 0.389 e. The standard InChI is InChI=1S/C17H30N2O/c1-13(2)19-11-9-14(18-19)12-17(20)10-7-6-8-15(17)16(3,4)5/h9,11,13,15,20H,6-8,10,12H2,1-5H3. The second kappa shape index (κ2) is 5.51. The van der Waals surface area contributed by atoms with Gasteiger partial charge in [0.05, 0.1) is 11.3 Å². The third-order valence-corrected chi connectivity index (χ3v) is 4.73. The predicted octanol–water partition coefficient (Wildman–Crippen LogP) is 3.97. The van der Waals surface area contributed by atoms with Gasteiger partial charge in [-0.2, -0.15) is 5.10 Å². The van der Waals surface area contributed by atoms with E-state index in [1.165, 1.54) is 6.42 Å². The lowest BCUT2D eigenvalue weighted by molar-refractivity contribution is -0.0895. The Labute approximate surface area is 123 Å². The Hall–Kier alpha value is -0.830. The fourth-order valence-electron chi connectivity index (χ4n) is 3.75. The molecular formula is C17H30N2O. The van der Waals surface area contributed by atoms with Crippen LogP contribution in [0.3, 0.4) is 0 Å². The van der Waals surface area contributed by atoms with Crippen LogP contribution in [0.1, 0.15) is 72.0 Å². The number of hydrogen-bond acceptors (Lipinski definition) is 2. The summed E-state index contributed by atoms with van der Waals surface area (Å²) < 4.78 is 1.98. The molecule has 1 saturated carbocycles. The minimum absolute atomic E-state index is 0.149. The molecule has 2 unspecified atom stereocenters. The normalized spacial score (nSPS) is 28.1. The molecule has 1 aromatic heterocycles. The van der Waals surface area contributed by atoms with Crippen molar-refractivity contribution < 1.29 is 5.11 Å². The molecule has 1 N–H and O–H groups in total. The molecule has 0 bridgehead atoms. The Morgan fingerprint density at radius 1 is 1.40 bits per heavy atom. The fraction of sp³-hybridized carbons (Fsp3) is 0.824. The Morgan fingerprint density at radius 2 is 2.10 bits per heavy atom. The molecule has 2 atom stereocenters. The van der Waals surface area contributed by atoms with Crippen molar-refractivity contribution in [2.75, 3.05) is 0 Å². The maximum absolute atomic E-state index is 11.2. The average Bonchev–Trinajstić information content (AvgIpc) is 2.75. The first kappa shape index (κ1) is 15.6. The third-order valence-electron chi connectivity index (χ3n) is 4.73. The third kappa shape index (κ3) is 3.25. The molecule has 0 saturated heterocycles. The molecule has 0 radical (unpaired) electrons. The van der Waals surface area contributed by atoms with Crippen LogP contribution >= 0.6 is 0 Å². The minimum Gasteiger partial charge on any atom is -0.389 e. The van der Waals surface area contributed by atoms with Gasteiger partial charge in [-0.3, -0.25) is 4.68 Å². The first-order valence-electron chi connectivity index (χ1n) is 7.99. The predicted molar refractivity (Wildman–Crippen MR) is 82.7 cm³/mol. The van der Waals surface area contributed by atoms with Crippen LogP contribution in [0.25, 0.3) is 0 Å². The van der Waals surface area contributed by atoms with Gasteiger partial charge in [0.2, 0.25) is 0 Å². The summed E-state index contributed by atoms with van der Waals surface area (Å²) in [5, 5.41) is 15.8. The molecule has 3 nitrogen and oxygen atoms in total. The van der Waals surface area contributed by atoms with Gasteiger partial charge in [-0.25, -0.2) is 0 Å². The van der Waals surface area contributed by atoms with Crippen molar-refractivity contribution in [3.05, 3.63) is 18.0 Å². The maximum Gasteiger partial charge on any atom is 0.0736 e. The molecule has 1 heterocycles. The Morgan fingerprint density at radius 3 is 2.65 bits per heavy atom. The maximum atomic E-state index is 11.2. The fourth-order valence-corrected chi connectivity index (χ4v) is 3.75. The second-order valence-electron chi connectivity index (χ2n) is 7.83. The van der Waals surface area contributed by atoms with Gasteiger partial charge in [0.15, 0.2) is 0 Å². The zero-order valence-corrected chi connectivity index (χ0v) is 13.7. The highest BCUT2D eigenvalue weighted by molar-refractivity contribution is 5.08. The quantitative estimate of drug-likeness (QED) is 0.908. The molecule has 0 spiro atoms. The molecule has 1 aliphatic carbocycles. The zero-order valence-electron chi connectivity index (χ0n) is 13.7. The van der Waals surface area contributed by atoms with Crippen LogP contribution in [0, 0.1) is 11.3 Å². The molecular weight excluding hydrogens is 248 g/mol. The van der Waals surface area contributed by atoms with Crippen LogP contribution in [0.15, 0.2) is 12.3 Å². The van der Waals surface area contributed by atoms with Crippen molar-refractivity contribution >= 4 is 0 Å². The molecule has 3 heteroatoms. The van der Waals surface area contributed by atoms with Crippen LogP contribution in [0.2, 0.25) is 0 Å². The van der Waals surface area contributed by atoms with Crippen LogP contribution in [0.4, 0.5) is 0 Å². The number of aromatic nitrogens is 2. The van der Waals surface area contributed by atoms with E-state index in [1.807, 2.05) is 10.9 Å². The van der Waals surface area contributed by atoms with Crippen LogP contribution in [-0.4, -0.2) is 20.5 Å². The van der Waals surface area contributed by atoms with Gasteiger partial charge in [-0.1, -0.05) is 33.6 Å². The zero-order chi connectivity index (χ0) is 15.0. The van der Waals surface area contributed by atoms with Crippen molar-refractivity contribution in [3.8, 4) is 0 Å². The smallest absolute Gasteiger partial charge is 0.0736 e. The van der Waals surface area contributed by atoms with Gasteiger partial charge in [0.25, 0.3) is 0 Å². The number of aliphatic hydroxyl groups is 1. The molecule has 20 heavy (non-hydrogen) atoms. The van der Waals surface area contributed by atoms with Gasteiger partial charge >= 0.3 is 0 Å². The Bertz CT molecular complexity index is 444. The van der Waals surface area contributed by atoms with Crippen molar-refractivity contribution in [3.63, 3.8) is 0 Å². The van der Waals surface area contributed by atoms with Crippen molar-refractivity contribution in [1.82, 2.24) is 9.78 Å². The average molecular weight is 278 g/mol. The summed E-state index contributed by atoms with van der Waals surface area (Å²) in [4.78, 5) is 0. The van der Waals surface area contributed by atoms with E-state index in [0.29, 0.717) is 18.4 Å². The Balaban J connectivity index is 2.18. The summed E-state index contributed by atoms with van der Waals surface area (Å²) in [6, 6.07) is 2.44. The van der Waals surface area contributed by atoms with E-state index in [9.17, 15) is 5.11 Å². The van der Waals surface area contributed by atoms with Crippen LogP contribution in [-0.2, 0) is 6.42 Å². The molecule has 1 aliphatic rings. The van der Waals surface area contributed by atoms with E-state index >= 15 is 0 Å². The summed E-state index contributed by atoms with van der Waals surface area (Å²) >= 11 is 0. The first-order chi connectivity index (χ1) is 9.22. The monoisotopic (exact) mass is 278 g/mol. The van der Waals surface area contributed by atoms with Gasteiger partial charge in [0, 0.05) is 18.7 Å². The summed E-state index contributed by atoms with van der Waals surface area (Å²) in [6.45, 7) is 11.0. The highest BCUT2D eigenvalue weighted by Crippen LogP contribution is 2.45. The van der Waals surface area contributed by atoms with Gasteiger partial charge in [-0.15, -0.1) is 0 Å². The lowest BCUT2D eigenvalue weighted by Gasteiger charge is -2.46. The van der Waals surface area contributed by atoms with Crippen molar-refractivity contribution in [2.24, 2.45) is 11.3 Å². The Kier molecular flexibility index (Phi) is 4.29. The lowest BCUT2D eigenvalue weighted by Crippen LogP contribution is -2.48. The van der Waals surface area contributed by atoms with E-state index in [-0.39, 0.29) is 5.41 Å². The number of rotatable bonds is 3. The van der Waals surface area contributed by atoms with Crippen molar-refractivity contribution in [2.45, 2.75) is 78.4 Å². The molecule has 2 rings (SSSR count). The van der Waals surface area contributed by atoms with E-state index in [4.69, 9.17) is 0 Å². The van der Waals surface area contributed by atoms with Gasteiger partial charge < -0.3 is 5.11 Å². The summed E-state index contributed by atoms with van der Waals surface area (Å²) in [7, 11) is 0. The minimum atomic E-state index is -0.591. The van der Waals surface area contributed by atoms with Crippen LogP contribution in [0.5, 0.6) is 0 Å². The molecule has 114 valence electrons. The van der Waals surface area contributed by atoms with E-state index < -0.39 is 5.60 Å². The highest BCUT2D eigenvalue weighted by atomic mass is 16.3. The molecule has 0 aliphatic heterocycles. The first-order valence-corrected chi connectivity index (χ1v) is 7.99. The molecule has 0 amide bonds. The SMILES string of the molecule is CC(C)n1ccc(CC2(O)CCCCC2C(C)(C)C)n1. The van der Waals surface area contributed by atoms with Crippen LogP contribution < -0.4 is 0 Å². The van der Waals surface area contributed by atoms with E-state index in [0.717, 1.165) is 25.0 Å². The van der Waals surface area contributed by atoms with Gasteiger partial charge in [-0.05, 0) is 44.1 Å². The molecule has 1 fully saturated rings. The molecule has 1 aromatic rings. The topological polar surface area (TPSA) is 38.0 Å². The highest BCUT2D eigenvalue weighted by Gasteiger charge is 2.45. The number of nitrogens with zero attached hydrogens (tertiary/aromatic N) is 2. The summed E-state index contributed by atoms with van der Waals surface area (Å²) in [5.41, 5.74) is 0.583. The van der Waals surface area contributed by atoms with Gasteiger partial charge in [0.1, 0.15) is 0 Å². The number of hydrogen-bond donors (Lipinski definition) is 1. The molecule has 0 aromatic carbocycles.